The van der Waals surface area contributed by atoms with E-state index in [2.05, 4.69) is 15.2 Å². The van der Waals surface area contributed by atoms with Crippen molar-refractivity contribution < 1.29 is 9.84 Å². The van der Waals surface area contributed by atoms with Crippen molar-refractivity contribution in [1.29, 1.82) is 0 Å². The Hall–Kier alpha value is -0.790. The second kappa shape index (κ2) is 5.84. The van der Waals surface area contributed by atoms with Crippen molar-refractivity contribution in [2.24, 2.45) is 0 Å². The van der Waals surface area contributed by atoms with Gasteiger partial charge in [-0.25, -0.2) is 5.10 Å². The second-order valence-corrected chi connectivity index (χ2v) is 3.61. The SMILES string of the molecule is CCOCC(O)CSc1n[nH]c(N)n1. The smallest absolute Gasteiger partial charge is 0.216 e. The zero-order chi connectivity index (χ0) is 10.4. The summed E-state index contributed by atoms with van der Waals surface area (Å²) in [7, 11) is 0. The lowest BCUT2D eigenvalue weighted by molar-refractivity contribution is 0.0551. The number of nitrogen functional groups attached to an aromatic ring is 1. The third kappa shape index (κ3) is 3.95. The number of ether oxygens (including phenoxy) is 1. The molecular weight excluding hydrogens is 204 g/mol. The molecule has 0 bridgehead atoms. The summed E-state index contributed by atoms with van der Waals surface area (Å²) in [5.74, 6) is 0.781. The maximum Gasteiger partial charge on any atom is 0.216 e. The first-order valence-corrected chi connectivity index (χ1v) is 5.27. The number of hydrogen-bond donors (Lipinski definition) is 3. The normalized spacial score (nSPS) is 13.0. The van der Waals surface area contributed by atoms with E-state index in [1.54, 1.807) is 0 Å². The minimum Gasteiger partial charge on any atom is -0.390 e. The predicted octanol–water partition coefficient (Wildman–Crippen LogP) is -0.124. The van der Waals surface area contributed by atoms with Crippen LogP contribution in [0.25, 0.3) is 0 Å². The van der Waals surface area contributed by atoms with Crippen LogP contribution >= 0.6 is 11.8 Å². The van der Waals surface area contributed by atoms with Crippen LogP contribution in [0.2, 0.25) is 0 Å². The number of nitrogens with one attached hydrogen (secondary N) is 1. The van der Waals surface area contributed by atoms with Crippen molar-refractivity contribution in [2.75, 3.05) is 24.7 Å². The van der Waals surface area contributed by atoms with E-state index in [4.69, 9.17) is 10.5 Å². The fraction of sp³-hybridized carbons (Fsp3) is 0.714. The van der Waals surface area contributed by atoms with Crippen molar-refractivity contribution in [3.63, 3.8) is 0 Å². The fourth-order valence-corrected chi connectivity index (χ4v) is 1.51. The molecule has 1 rings (SSSR count). The molecule has 0 radical (unpaired) electrons. The molecule has 0 aliphatic carbocycles. The molecule has 1 unspecified atom stereocenters. The van der Waals surface area contributed by atoms with Crippen LogP contribution in [0.15, 0.2) is 5.16 Å². The van der Waals surface area contributed by atoms with Gasteiger partial charge in [0.05, 0.1) is 12.7 Å². The average molecular weight is 218 g/mol. The Bertz CT molecular complexity index is 268. The lowest BCUT2D eigenvalue weighted by Gasteiger charge is -2.07. The van der Waals surface area contributed by atoms with Crippen LogP contribution in [0, 0.1) is 0 Å². The highest BCUT2D eigenvalue weighted by Gasteiger charge is 2.07. The summed E-state index contributed by atoms with van der Waals surface area (Å²) in [5.41, 5.74) is 5.34. The van der Waals surface area contributed by atoms with Crippen molar-refractivity contribution in [3.05, 3.63) is 0 Å². The molecule has 6 nitrogen and oxygen atoms in total. The van der Waals surface area contributed by atoms with Gasteiger partial charge in [0.15, 0.2) is 0 Å². The zero-order valence-electron chi connectivity index (χ0n) is 7.93. The van der Waals surface area contributed by atoms with Crippen LogP contribution in [-0.4, -0.2) is 45.4 Å². The molecule has 0 saturated heterocycles. The summed E-state index contributed by atoms with van der Waals surface area (Å²) < 4.78 is 5.05. The minimum atomic E-state index is -0.500. The molecule has 0 aromatic carbocycles. The molecule has 1 aromatic heterocycles. The summed E-state index contributed by atoms with van der Waals surface area (Å²) in [5, 5.41) is 16.3. The number of aliphatic hydroxyl groups is 1. The van der Waals surface area contributed by atoms with E-state index in [1.165, 1.54) is 11.8 Å². The molecule has 0 saturated carbocycles. The Morgan fingerprint density at radius 3 is 3.07 bits per heavy atom. The van der Waals surface area contributed by atoms with Gasteiger partial charge in [-0.2, -0.15) is 4.98 Å². The van der Waals surface area contributed by atoms with Gasteiger partial charge in [-0.05, 0) is 6.92 Å². The summed E-state index contributed by atoms with van der Waals surface area (Å²) in [6, 6.07) is 0. The predicted molar refractivity (Wildman–Crippen MR) is 54.0 cm³/mol. The molecule has 0 aliphatic heterocycles. The van der Waals surface area contributed by atoms with Crippen LogP contribution in [0.4, 0.5) is 5.95 Å². The molecular formula is C7H14N4O2S. The highest BCUT2D eigenvalue weighted by molar-refractivity contribution is 7.99. The molecule has 1 atom stereocenters. The van der Waals surface area contributed by atoms with E-state index in [-0.39, 0.29) is 5.95 Å². The number of aromatic amines is 1. The fourth-order valence-electron chi connectivity index (χ4n) is 0.795. The van der Waals surface area contributed by atoms with Gasteiger partial charge in [0, 0.05) is 12.4 Å². The number of H-pyrrole nitrogens is 1. The van der Waals surface area contributed by atoms with Crippen LogP contribution in [-0.2, 0) is 4.74 Å². The van der Waals surface area contributed by atoms with Crippen molar-refractivity contribution >= 4 is 17.7 Å². The van der Waals surface area contributed by atoms with Crippen molar-refractivity contribution in [3.8, 4) is 0 Å². The summed E-state index contributed by atoms with van der Waals surface area (Å²) in [6.45, 7) is 2.83. The molecule has 0 amide bonds. The Balaban J connectivity index is 2.20. The lowest BCUT2D eigenvalue weighted by Crippen LogP contribution is -2.17. The van der Waals surface area contributed by atoms with Crippen LogP contribution in [0.1, 0.15) is 6.92 Å². The molecule has 0 fully saturated rings. The first-order valence-electron chi connectivity index (χ1n) is 4.29. The zero-order valence-corrected chi connectivity index (χ0v) is 8.75. The third-order valence-electron chi connectivity index (χ3n) is 1.40. The van der Waals surface area contributed by atoms with Crippen LogP contribution in [0.3, 0.4) is 0 Å². The number of aliphatic hydroxyl groups excluding tert-OH is 1. The van der Waals surface area contributed by atoms with Gasteiger partial charge in [-0.1, -0.05) is 11.8 Å². The van der Waals surface area contributed by atoms with Gasteiger partial charge >= 0.3 is 0 Å². The maximum absolute atomic E-state index is 9.41. The Kier molecular flexibility index (Phi) is 4.71. The van der Waals surface area contributed by atoms with Gasteiger partial charge < -0.3 is 15.6 Å². The first-order chi connectivity index (χ1) is 6.72. The molecule has 0 spiro atoms. The van der Waals surface area contributed by atoms with Crippen molar-refractivity contribution in [1.82, 2.24) is 15.2 Å². The van der Waals surface area contributed by atoms with Gasteiger partial charge in [-0.15, -0.1) is 5.10 Å². The molecule has 7 heteroatoms. The Morgan fingerprint density at radius 2 is 2.50 bits per heavy atom. The van der Waals surface area contributed by atoms with Gasteiger partial charge in [-0.3, -0.25) is 0 Å². The summed E-state index contributed by atoms with van der Waals surface area (Å²) >= 11 is 1.34. The molecule has 80 valence electrons. The number of nitrogens with two attached hydrogens (primary N) is 1. The number of rotatable bonds is 6. The topological polar surface area (TPSA) is 97.0 Å². The summed E-state index contributed by atoms with van der Waals surface area (Å²) in [4.78, 5) is 3.89. The second-order valence-electron chi connectivity index (χ2n) is 2.63. The number of hydrogen-bond acceptors (Lipinski definition) is 6. The van der Waals surface area contributed by atoms with Crippen LogP contribution < -0.4 is 5.73 Å². The van der Waals surface area contributed by atoms with Crippen molar-refractivity contribution in [2.45, 2.75) is 18.2 Å². The van der Waals surface area contributed by atoms with Gasteiger partial charge in [0.1, 0.15) is 0 Å². The molecule has 1 aromatic rings. The minimum absolute atomic E-state index is 0.284. The number of nitrogens with zero attached hydrogens (tertiary/aromatic N) is 2. The first kappa shape index (κ1) is 11.3. The standard InChI is InChI=1S/C7H14N4O2S/c1-2-13-3-5(12)4-14-7-9-6(8)10-11-7/h5,12H,2-4H2,1H3,(H3,8,9,10,11). The highest BCUT2D eigenvalue weighted by atomic mass is 32.2. The van der Waals surface area contributed by atoms with Crippen LogP contribution in [0.5, 0.6) is 0 Å². The largest absolute Gasteiger partial charge is 0.390 e. The lowest BCUT2D eigenvalue weighted by atomic mass is 10.4. The third-order valence-corrected chi connectivity index (χ3v) is 2.39. The number of aromatic nitrogens is 3. The van der Waals surface area contributed by atoms with Gasteiger partial charge in [0.25, 0.3) is 0 Å². The maximum atomic E-state index is 9.41. The van der Waals surface area contributed by atoms with E-state index in [0.717, 1.165) is 0 Å². The van der Waals surface area contributed by atoms with E-state index in [9.17, 15) is 5.11 Å². The number of thioether (sulfide) groups is 1. The van der Waals surface area contributed by atoms with E-state index >= 15 is 0 Å². The molecule has 4 N–H and O–H groups in total. The molecule has 14 heavy (non-hydrogen) atoms. The highest BCUT2D eigenvalue weighted by Crippen LogP contribution is 2.13. The Labute approximate surface area is 86.2 Å². The molecule has 1 heterocycles. The van der Waals surface area contributed by atoms with E-state index in [0.29, 0.717) is 24.1 Å². The Morgan fingerprint density at radius 1 is 1.71 bits per heavy atom. The van der Waals surface area contributed by atoms with Gasteiger partial charge in [0.2, 0.25) is 11.1 Å². The quantitative estimate of drug-likeness (QED) is 0.576. The van der Waals surface area contributed by atoms with E-state index < -0.39 is 6.10 Å². The monoisotopic (exact) mass is 218 g/mol. The average Bonchev–Trinajstić information content (AvgIpc) is 2.58. The van der Waals surface area contributed by atoms with E-state index in [1.807, 2.05) is 6.92 Å². The number of anilines is 1. The molecule has 0 aliphatic rings. The summed E-state index contributed by atoms with van der Waals surface area (Å²) in [6.07, 6.45) is -0.500.